The number of anilines is 1. The van der Waals surface area contributed by atoms with Gasteiger partial charge in [-0.1, -0.05) is 12.1 Å². The zero-order valence-electron chi connectivity index (χ0n) is 12.1. The zero-order chi connectivity index (χ0) is 17.0. The summed E-state index contributed by atoms with van der Waals surface area (Å²) in [6.45, 7) is 1.52. The van der Waals surface area contributed by atoms with Crippen molar-refractivity contribution in [2.45, 2.75) is 13.1 Å². The van der Waals surface area contributed by atoms with E-state index < -0.39 is 17.6 Å². The zero-order valence-corrected chi connectivity index (χ0v) is 13.7. The summed E-state index contributed by atoms with van der Waals surface area (Å²) in [5, 5.41) is 2.62. The molecule has 0 heterocycles. The largest absolute Gasteiger partial charge is 0.484 e. The Morgan fingerprint density at radius 1 is 1.22 bits per heavy atom. The average molecular weight is 388 g/mol. The highest BCUT2D eigenvalue weighted by molar-refractivity contribution is 9.10. The molecule has 0 aliphatic rings. The molecule has 1 N–H and O–H groups in total. The van der Waals surface area contributed by atoms with Crippen LogP contribution in [0.4, 0.5) is 18.9 Å². The molecule has 1 amide bonds. The van der Waals surface area contributed by atoms with E-state index in [2.05, 4.69) is 21.2 Å². The molecule has 0 saturated carbocycles. The molecule has 0 aliphatic heterocycles. The fourth-order valence-corrected chi connectivity index (χ4v) is 2.41. The Morgan fingerprint density at radius 3 is 2.61 bits per heavy atom. The lowest BCUT2D eigenvalue weighted by Crippen LogP contribution is -2.20. The molecule has 0 bridgehead atoms. The van der Waals surface area contributed by atoms with Crippen LogP contribution < -0.4 is 10.1 Å². The summed E-state index contributed by atoms with van der Waals surface area (Å²) in [7, 11) is 0. The Hall–Kier alpha value is -2.02. The molecule has 0 fully saturated rings. The average Bonchev–Trinajstić information content (AvgIpc) is 2.47. The molecule has 0 aliphatic carbocycles. The first kappa shape index (κ1) is 17.3. The third-order valence-electron chi connectivity index (χ3n) is 2.93. The van der Waals surface area contributed by atoms with Gasteiger partial charge in [-0.25, -0.2) is 0 Å². The van der Waals surface area contributed by atoms with E-state index in [-0.39, 0.29) is 12.4 Å². The van der Waals surface area contributed by atoms with E-state index in [1.54, 1.807) is 6.07 Å². The molecule has 2 aromatic rings. The second-order valence-corrected chi connectivity index (χ2v) is 5.70. The van der Waals surface area contributed by atoms with Crippen molar-refractivity contribution in [2.24, 2.45) is 0 Å². The Labute approximate surface area is 139 Å². The van der Waals surface area contributed by atoms with Gasteiger partial charge in [0.2, 0.25) is 0 Å². The Morgan fingerprint density at radius 2 is 1.96 bits per heavy atom. The van der Waals surface area contributed by atoms with Gasteiger partial charge in [-0.05, 0) is 58.7 Å². The summed E-state index contributed by atoms with van der Waals surface area (Å²) in [6.07, 6.45) is -4.45. The Kier molecular flexibility index (Phi) is 5.30. The van der Waals surface area contributed by atoms with E-state index in [0.717, 1.165) is 17.7 Å². The summed E-state index contributed by atoms with van der Waals surface area (Å²) >= 11 is 3.32. The molecule has 0 saturated heterocycles. The summed E-state index contributed by atoms with van der Waals surface area (Å²) in [4.78, 5) is 11.8. The molecule has 2 aromatic carbocycles. The maximum Gasteiger partial charge on any atom is 0.416 e. The number of hydrogen-bond acceptors (Lipinski definition) is 2. The molecule has 23 heavy (non-hydrogen) atoms. The second-order valence-electron chi connectivity index (χ2n) is 4.85. The minimum atomic E-state index is -4.45. The van der Waals surface area contributed by atoms with E-state index in [9.17, 15) is 18.0 Å². The van der Waals surface area contributed by atoms with Crippen LogP contribution in [0.5, 0.6) is 5.75 Å². The number of carbonyl (C=O) groups excluding carboxylic acids is 1. The highest BCUT2D eigenvalue weighted by Gasteiger charge is 2.30. The normalized spacial score (nSPS) is 11.2. The maximum atomic E-state index is 12.6. The molecule has 0 unspecified atom stereocenters. The number of halogens is 4. The summed E-state index contributed by atoms with van der Waals surface area (Å²) < 4.78 is 43.6. The lowest BCUT2D eigenvalue weighted by atomic mass is 10.2. The van der Waals surface area contributed by atoms with Crippen LogP contribution in [-0.2, 0) is 11.0 Å². The van der Waals surface area contributed by atoms with Crippen LogP contribution in [0, 0.1) is 6.92 Å². The monoisotopic (exact) mass is 387 g/mol. The van der Waals surface area contributed by atoms with Gasteiger partial charge in [-0.15, -0.1) is 0 Å². The van der Waals surface area contributed by atoms with Crippen molar-refractivity contribution in [3.8, 4) is 5.75 Å². The van der Waals surface area contributed by atoms with E-state index in [1.165, 1.54) is 12.1 Å². The number of rotatable bonds is 4. The fraction of sp³-hybridized carbons (Fsp3) is 0.188. The van der Waals surface area contributed by atoms with Crippen molar-refractivity contribution < 1.29 is 22.7 Å². The van der Waals surface area contributed by atoms with Gasteiger partial charge in [0.1, 0.15) is 5.75 Å². The van der Waals surface area contributed by atoms with Crippen molar-refractivity contribution in [1.82, 2.24) is 0 Å². The SMILES string of the molecule is Cc1ccc(NC(=O)COc2cccc(C(F)(F)F)c2)c(Br)c1. The van der Waals surface area contributed by atoms with E-state index in [4.69, 9.17) is 4.74 Å². The standard InChI is InChI=1S/C16H13BrF3NO2/c1-10-5-6-14(13(17)7-10)21-15(22)9-23-12-4-2-3-11(8-12)16(18,19)20/h2-8H,9H2,1H3,(H,21,22). The number of carbonyl (C=O) groups is 1. The highest BCUT2D eigenvalue weighted by Crippen LogP contribution is 2.31. The van der Waals surface area contributed by atoms with Crippen LogP contribution in [0.15, 0.2) is 46.9 Å². The van der Waals surface area contributed by atoms with Gasteiger partial charge in [0.05, 0.1) is 11.3 Å². The lowest BCUT2D eigenvalue weighted by Gasteiger charge is -2.11. The maximum absolute atomic E-state index is 12.6. The van der Waals surface area contributed by atoms with Crippen LogP contribution in [-0.4, -0.2) is 12.5 Å². The molecular formula is C16H13BrF3NO2. The number of benzene rings is 2. The van der Waals surface area contributed by atoms with Gasteiger partial charge in [-0.3, -0.25) is 4.79 Å². The number of hydrogen-bond donors (Lipinski definition) is 1. The van der Waals surface area contributed by atoms with Crippen molar-refractivity contribution in [3.63, 3.8) is 0 Å². The quantitative estimate of drug-likeness (QED) is 0.818. The Balaban J connectivity index is 1.97. The van der Waals surface area contributed by atoms with E-state index >= 15 is 0 Å². The summed E-state index contributed by atoms with van der Waals surface area (Å²) in [5.74, 6) is -0.482. The van der Waals surface area contributed by atoms with Crippen LogP contribution in [0.25, 0.3) is 0 Å². The van der Waals surface area contributed by atoms with Gasteiger partial charge in [-0.2, -0.15) is 13.2 Å². The predicted octanol–water partition coefficient (Wildman–Crippen LogP) is 4.79. The van der Waals surface area contributed by atoms with Crippen LogP contribution >= 0.6 is 15.9 Å². The summed E-state index contributed by atoms with van der Waals surface area (Å²) in [6, 6.07) is 9.78. The molecule has 0 atom stereocenters. The molecule has 0 radical (unpaired) electrons. The Bertz CT molecular complexity index is 717. The third-order valence-corrected chi connectivity index (χ3v) is 3.59. The van der Waals surface area contributed by atoms with E-state index in [0.29, 0.717) is 10.2 Å². The second kappa shape index (κ2) is 7.04. The molecule has 2 rings (SSSR count). The smallest absolute Gasteiger partial charge is 0.416 e. The minimum absolute atomic E-state index is 0.0158. The number of aryl methyl sites for hydroxylation is 1. The third kappa shape index (κ3) is 4.99. The first-order valence-electron chi connectivity index (χ1n) is 6.62. The van der Waals surface area contributed by atoms with Crippen molar-refractivity contribution in [1.29, 1.82) is 0 Å². The van der Waals surface area contributed by atoms with Gasteiger partial charge >= 0.3 is 6.18 Å². The minimum Gasteiger partial charge on any atom is -0.484 e. The number of ether oxygens (including phenoxy) is 1. The van der Waals surface area contributed by atoms with Crippen molar-refractivity contribution in [3.05, 3.63) is 58.1 Å². The van der Waals surface area contributed by atoms with Gasteiger partial charge in [0, 0.05) is 4.47 Å². The fourth-order valence-electron chi connectivity index (χ4n) is 1.82. The summed E-state index contributed by atoms with van der Waals surface area (Å²) in [5.41, 5.74) is 0.764. The van der Waals surface area contributed by atoms with Crippen molar-refractivity contribution in [2.75, 3.05) is 11.9 Å². The van der Waals surface area contributed by atoms with E-state index in [1.807, 2.05) is 19.1 Å². The molecule has 122 valence electrons. The van der Waals surface area contributed by atoms with Crippen molar-refractivity contribution >= 4 is 27.5 Å². The lowest BCUT2D eigenvalue weighted by molar-refractivity contribution is -0.137. The molecule has 0 spiro atoms. The van der Waals surface area contributed by atoms with Gasteiger partial charge in [0.15, 0.2) is 6.61 Å². The molecule has 3 nitrogen and oxygen atoms in total. The predicted molar refractivity (Wildman–Crippen MR) is 84.4 cm³/mol. The molecular weight excluding hydrogens is 375 g/mol. The first-order chi connectivity index (χ1) is 10.8. The highest BCUT2D eigenvalue weighted by atomic mass is 79.9. The number of alkyl halides is 3. The number of amides is 1. The van der Waals surface area contributed by atoms with Crippen LogP contribution in [0.2, 0.25) is 0 Å². The topological polar surface area (TPSA) is 38.3 Å². The van der Waals surface area contributed by atoms with Crippen LogP contribution in [0.3, 0.4) is 0 Å². The molecule has 0 aromatic heterocycles. The van der Waals surface area contributed by atoms with Gasteiger partial charge < -0.3 is 10.1 Å². The van der Waals surface area contributed by atoms with Crippen LogP contribution in [0.1, 0.15) is 11.1 Å². The molecule has 7 heteroatoms. The van der Waals surface area contributed by atoms with Gasteiger partial charge in [0.25, 0.3) is 5.91 Å². The number of nitrogens with one attached hydrogen (secondary N) is 1. The first-order valence-corrected chi connectivity index (χ1v) is 7.41.